The Bertz CT molecular complexity index is 1040. The number of carbonyl (C=O) groups is 2. The molecule has 0 radical (unpaired) electrons. The molecule has 176 valence electrons. The van der Waals surface area contributed by atoms with Crippen molar-refractivity contribution < 1.29 is 22.8 Å². The summed E-state index contributed by atoms with van der Waals surface area (Å²) in [7, 11) is 0. The van der Waals surface area contributed by atoms with E-state index in [0.29, 0.717) is 24.6 Å². The molecular weight excluding hydrogens is 435 g/mol. The number of piperidine rings is 1. The Morgan fingerprint density at radius 2 is 1.76 bits per heavy atom. The van der Waals surface area contributed by atoms with Crippen LogP contribution in [-0.2, 0) is 11.2 Å². The minimum atomic E-state index is -1.23. The second kappa shape index (κ2) is 9.46. The number of amides is 2. The zero-order chi connectivity index (χ0) is 23.7. The molecule has 2 aliphatic rings. The van der Waals surface area contributed by atoms with Gasteiger partial charge in [-0.3, -0.25) is 14.6 Å². The Labute approximate surface area is 189 Å². The fourth-order valence-corrected chi connectivity index (χ4v) is 4.96. The number of nitrogens with one attached hydrogen (secondary N) is 1. The SMILES string of the molecule is Cc1cnc(C(=O)NCC(=O)N2[C@@H]3CC[C@H]2CC([C@H](N)Cc2cc(F)c(F)cc2F)C3)cn1. The quantitative estimate of drug-likeness (QED) is 0.643. The highest BCUT2D eigenvalue weighted by Crippen LogP contribution is 2.40. The van der Waals surface area contributed by atoms with Crippen LogP contribution in [0.4, 0.5) is 13.2 Å². The molecule has 1 unspecified atom stereocenters. The Balaban J connectivity index is 1.34. The molecule has 2 fully saturated rings. The van der Waals surface area contributed by atoms with Crippen molar-refractivity contribution in [1.82, 2.24) is 20.2 Å². The predicted octanol–water partition coefficient (Wildman–Crippen LogP) is 2.27. The van der Waals surface area contributed by atoms with Gasteiger partial charge in [0.25, 0.3) is 5.91 Å². The molecule has 3 N–H and O–H groups in total. The summed E-state index contributed by atoms with van der Waals surface area (Å²) in [6, 6.07) is 0.929. The molecule has 0 aliphatic carbocycles. The molecule has 2 saturated heterocycles. The summed E-state index contributed by atoms with van der Waals surface area (Å²) in [4.78, 5) is 34.9. The van der Waals surface area contributed by atoms with Gasteiger partial charge < -0.3 is 16.0 Å². The molecule has 2 aromatic rings. The highest BCUT2D eigenvalue weighted by atomic mass is 19.2. The normalized spacial score (nSPS) is 22.8. The van der Waals surface area contributed by atoms with Crippen LogP contribution in [0.5, 0.6) is 0 Å². The van der Waals surface area contributed by atoms with E-state index in [0.717, 1.165) is 18.9 Å². The molecule has 33 heavy (non-hydrogen) atoms. The molecule has 0 spiro atoms. The topological polar surface area (TPSA) is 101 Å². The molecule has 4 atom stereocenters. The van der Waals surface area contributed by atoms with E-state index < -0.39 is 29.4 Å². The lowest BCUT2D eigenvalue weighted by Gasteiger charge is -2.41. The number of fused-ring (bicyclic) bond motifs is 2. The fraction of sp³-hybridized carbons (Fsp3) is 0.478. The van der Waals surface area contributed by atoms with E-state index in [4.69, 9.17) is 5.73 Å². The summed E-state index contributed by atoms with van der Waals surface area (Å²) in [6.07, 6.45) is 5.89. The monoisotopic (exact) mass is 461 g/mol. The first kappa shape index (κ1) is 23.2. The number of hydrogen-bond donors (Lipinski definition) is 2. The van der Waals surface area contributed by atoms with Gasteiger partial charge in [0.1, 0.15) is 11.5 Å². The third-order valence-corrected chi connectivity index (χ3v) is 6.62. The molecule has 0 saturated carbocycles. The van der Waals surface area contributed by atoms with Crippen molar-refractivity contribution in [2.45, 2.75) is 57.2 Å². The molecule has 10 heteroatoms. The lowest BCUT2D eigenvalue weighted by molar-refractivity contribution is -0.135. The van der Waals surface area contributed by atoms with Crippen LogP contribution in [0.1, 0.15) is 47.4 Å². The highest BCUT2D eigenvalue weighted by Gasteiger charge is 2.44. The van der Waals surface area contributed by atoms with Crippen molar-refractivity contribution in [2.75, 3.05) is 6.54 Å². The molecular formula is C23H26F3N5O2. The van der Waals surface area contributed by atoms with Gasteiger partial charge in [0.05, 0.1) is 18.4 Å². The van der Waals surface area contributed by atoms with Gasteiger partial charge in [-0.05, 0) is 56.6 Å². The van der Waals surface area contributed by atoms with E-state index in [1.165, 1.54) is 12.4 Å². The van der Waals surface area contributed by atoms with Crippen LogP contribution in [0, 0.1) is 30.3 Å². The predicted molar refractivity (Wildman–Crippen MR) is 113 cm³/mol. The number of carbonyl (C=O) groups excluding carboxylic acids is 2. The lowest BCUT2D eigenvalue weighted by Crippen LogP contribution is -2.52. The van der Waals surface area contributed by atoms with E-state index in [9.17, 15) is 22.8 Å². The average Bonchev–Trinajstić information content (AvgIpc) is 3.05. The van der Waals surface area contributed by atoms with Gasteiger partial charge in [-0.1, -0.05) is 0 Å². The van der Waals surface area contributed by atoms with Crippen molar-refractivity contribution in [1.29, 1.82) is 0 Å². The van der Waals surface area contributed by atoms with E-state index >= 15 is 0 Å². The van der Waals surface area contributed by atoms with Crippen molar-refractivity contribution in [3.05, 3.63) is 58.9 Å². The standard InChI is InChI=1S/C23H26F3N5O2/c1-12-9-29-21(10-28-12)23(33)30-11-22(32)31-15-2-3-16(31)5-14(4-15)20(27)7-13-6-18(25)19(26)8-17(13)24/h6,8-10,14-16,20H,2-5,7,11,27H2,1H3,(H,30,33)/t14?,15-,16+,20-/m1/s1. The van der Waals surface area contributed by atoms with Gasteiger partial charge in [-0.2, -0.15) is 0 Å². The average molecular weight is 461 g/mol. The summed E-state index contributed by atoms with van der Waals surface area (Å²) in [5.74, 6) is -3.75. The van der Waals surface area contributed by atoms with Gasteiger partial charge in [-0.15, -0.1) is 0 Å². The van der Waals surface area contributed by atoms with Crippen LogP contribution in [0.3, 0.4) is 0 Å². The summed E-state index contributed by atoms with van der Waals surface area (Å²) in [5.41, 5.74) is 7.21. The van der Waals surface area contributed by atoms with Gasteiger partial charge in [-0.25, -0.2) is 18.2 Å². The minimum absolute atomic E-state index is 0.0156. The number of rotatable bonds is 6. The number of hydrogen-bond acceptors (Lipinski definition) is 5. The van der Waals surface area contributed by atoms with Crippen molar-refractivity contribution in [2.24, 2.45) is 11.7 Å². The maximum atomic E-state index is 14.0. The highest BCUT2D eigenvalue weighted by molar-refractivity contribution is 5.94. The van der Waals surface area contributed by atoms with Crippen LogP contribution < -0.4 is 11.1 Å². The van der Waals surface area contributed by atoms with Crippen molar-refractivity contribution in [3.8, 4) is 0 Å². The second-order valence-corrected chi connectivity index (χ2v) is 8.87. The third kappa shape index (κ3) is 5.00. The minimum Gasteiger partial charge on any atom is -0.342 e. The molecule has 2 aliphatic heterocycles. The number of halogens is 3. The van der Waals surface area contributed by atoms with Crippen LogP contribution >= 0.6 is 0 Å². The van der Waals surface area contributed by atoms with Crippen molar-refractivity contribution >= 4 is 11.8 Å². The van der Waals surface area contributed by atoms with Gasteiger partial charge in [0.15, 0.2) is 11.6 Å². The number of aryl methyl sites for hydroxylation is 1. The molecule has 2 bridgehead atoms. The smallest absolute Gasteiger partial charge is 0.271 e. The summed E-state index contributed by atoms with van der Waals surface area (Å²) in [5, 5.41) is 2.60. The number of nitrogens with zero attached hydrogens (tertiary/aromatic N) is 3. The third-order valence-electron chi connectivity index (χ3n) is 6.62. The summed E-state index contributed by atoms with van der Waals surface area (Å²) in [6.45, 7) is 1.62. The first-order chi connectivity index (χ1) is 15.7. The fourth-order valence-electron chi connectivity index (χ4n) is 4.96. The number of aromatic nitrogens is 2. The zero-order valence-electron chi connectivity index (χ0n) is 18.2. The van der Waals surface area contributed by atoms with E-state index in [1.54, 1.807) is 6.92 Å². The first-order valence-corrected chi connectivity index (χ1v) is 11.0. The Hall–Kier alpha value is -3.01. The van der Waals surface area contributed by atoms with E-state index in [1.807, 2.05) is 4.90 Å². The maximum absolute atomic E-state index is 14.0. The molecule has 7 nitrogen and oxygen atoms in total. The van der Waals surface area contributed by atoms with Crippen LogP contribution in [-0.4, -0.2) is 51.4 Å². The number of benzene rings is 1. The van der Waals surface area contributed by atoms with Gasteiger partial charge in [0, 0.05) is 30.4 Å². The van der Waals surface area contributed by atoms with Crippen molar-refractivity contribution in [3.63, 3.8) is 0 Å². The lowest BCUT2D eigenvalue weighted by atomic mass is 9.82. The Kier molecular flexibility index (Phi) is 6.64. The number of nitrogens with two attached hydrogens (primary N) is 1. The molecule has 1 aromatic heterocycles. The molecule has 1 aromatic carbocycles. The van der Waals surface area contributed by atoms with Gasteiger partial charge >= 0.3 is 0 Å². The zero-order valence-corrected chi connectivity index (χ0v) is 18.2. The maximum Gasteiger partial charge on any atom is 0.271 e. The summed E-state index contributed by atoms with van der Waals surface area (Å²) < 4.78 is 40.7. The van der Waals surface area contributed by atoms with E-state index in [-0.39, 0.29) is 48.1 Å². The van der Waals surface area contributed by atoms with Crippen LogP contribution in [0.2, 0.25) is 0 Å². The Morgan fingerprint density at radius 1 is 1.09 bits per heavy atom. The van der Waals surface area contributed by atoms with Crippen LogP contribution in [0.15, 0.2) is 24.5 Å². The molecule has 2 amide bonds. The molecule has 3 heterocycles. The van der Waals surface area contributed by atoms with Gasteiger partial charge in [0.2, 0.25) is 5.91 Å². The van der Waals surface area contributed by atoms with E-state index in [2.05, 4.69) is 15.3 Å². The second-order valence-electron chi connectivity index (χ2n) is 8.87. The van der Waals surface area contributed by atoms with Crippen LogP contribution in [0.25, 0.3) is 0 Å². The summed E-state index contributed by atoms with van der Waals surface area (Å²) >= 11 is 0. The molecule has 4 rings (SSSR count). The first-order valence-electron chi connectivity index (χ1n) is 11.0. The Morgan fingerprint density at radius 3 is 2.39 bits per heavy atom. The largest absolute Gasteiger partial charge is 0.342 e.